The van der Waals surface area contributed by atoms with Gasteiger partial charge in [0.2, 0.25) is 0 Å². The van der Waals surface area contributed by atoms with Gasteiger partial charge in [-0.15, -0.1) is 0 Å². The maximum absolute atomic E-state index is 13.7. The van der Waals surface area contributed by atoms with Gasteiger partial charge in [0.1, 0.15) is 0 Å². The van der Waals surface area contributed by atoms with Crippen LogP contribution in [0.4, 0.5) is 0 Å². The van der Waals surface area contributed by atoms with Gasteiger partial charge < -0.3 is 10.0 Å². The number of aliphatic hydroxyl groups is 1. The van der Waals surface area contributed by atoms with Crippen LogP contribution >= 0.6 is 0 Å². The normalized spacial score (nSPS) is 20.9. The molecule has 1 saturated carbocycles. The van der Waals surface area contributed by atoms with E-state index in [0.717, 1.165) is 57.2 Å². The molecule has 32 heavy (non-hydrogen) atoms. The number of nitrogens with zero attached hydrogens (tertiary/aromatic N) is 1. The number of hydrogen-bond acceptors (Lipinski definition) is 2. The van der Waals surface area contributed by atoms with Crippen molar-refractivity contribution in [3.63, 3.8) is 0 Å². The molecule has 2 aromatic carbocycles. The summed E-state index contributed by atoms with van der Waals surface area (Å²) in [6, 6.07) is 20.5. The second-order valence-electron chi connectivity index (χ2n) is 10.3. The van der Waals surface area contributed by atoms with Crippen LogP contribution in [0.2, 0.25) is 0 Å². The van der Waals surface area contributed by atoms with Crippen LogP contribution in [0.15, 0.2) is 60.7 Å². The van der Waals surface area contributed by atoms with E-state index in [1.807, 2.05) is 35.2 Å². The lowest BCUT2D eigenvalue weighted by Gasteiger charge is -2.41. The lowest BCUT2D eigenvalue weighted by Crippen LogP contribution is -2.53. The van der Waals surface area contributed by atoms with Gasteiger partial charge in [0.05, 0.1) is 0 Å². The van der Waals surface area contributed by atoms with Crippen molar-refractivity contribution in [1.82, 2.24) is 4.90 Å². The standard InChI is InChI=1S/C29H39NO2/c1-22(2)27(24-11-5-3-6-12-24)21-23-17-19-30(20-18-23)28(31)29(32,26-15-9-10-16-26)25-13-7-4-8-14-25/h3-8,11-14,22-23,26-27,32H,9-10,15-21H2,1-2H3. The average molecular weight is 434 g/mol. The zero-order valence-electron chi connectivity index (χ0n) is 19.7. The van der Waals surface area contributed by atoms with Crippen LogP contribution in [-0.4, -0.2) is 29.0 Å². The molecule has 0 spiro atoms. The molecule has 3 heteroatoms. The molecule has 2 atom stereocenters. The first-order chi connectivity index (χ1) is 15.5. The fourth-order valence-electron chi connectivity index (χ4n) is 6.03. The number of carbonyl (C=O) groups is 1. The van der Waals surface area contributed by atoms with Gasteiger partial charge in [-0.1, -0.05) is 87.4 Å². The molecule has 3 nitrogen and oxygen atoms in total. The molecule has 1 aliphatic heterocycles. The minimum atomic E-state index is -1.38. The van der Waals surface area contributed by atoms with E-state index >= 15 is 0 Å². The predicted molar refractivity (Wildman–Crippen MR) is 130 cm³/mol. The van der Waals surface area contributed by atoms with E-state index in [0.29, 0.717) is 17.8 Å². The zero-order valence-corrected chi connectivity index (χ0v) is 19.7. The summed E-state index contributed by atoms with van der Waals surface area (Å²) in [5.74, 6) is 1.74. The highest BCUT2D eigenvalue weighted by Crippen LogP contribution is 2.43. The number of piperidine rings is 1. The molecule has 2 aromatic rings. The number of rotatable bonds is 7. The van der Waals surface area contributed by atoms with E-state index in [-0.39, 0.29) is 11.8 Å². The zero-order chi connectivity index (χ0) is 22.6. The summed E-state index contributed by atoms with van der Waals surface area (Å²) in [5, 5.41) is 11.8. The Balaban J connectivity index is 1.44. The Morgan fingerprint density at radius 2 is 1.50 bits per heavy atom. The molecule has 1 heterocycles. The molecule has 0 radical (unpaired) electrons. The summed E-state index contributed by atoms with van der Waals surface area (Å²) >= 11 is 0. The van der Waals surface area contributed by atoms with E-state index < -0.39 is 5.60 Å². The Morgan fingerprint density at radius 1 is 0.938 bits per heavy atom. The minimum Gasteiger partial charge on any atom is -0.375 e. The first-order valence-corrected chi connectivity index (χ1v) is 12.6. The number of hydrogen-bond donors (Lipinski definition) is 1. The van der Waals surface area contributed by atoms with Crippen LogP contribution in [-0.2, 0) is 10.4 Å². The fraction of sp³-hybridized carbons (Fsp3) is 0.552. The molecule has 1 saturated heterocycles. The molecule has 1 amide bonds. The number of carbonyl (C=O) groups excluding carboxylic acids is 1. The van der Waals surface area contributed by atoms with Gasteiger partial charge in [-0.3, -0.25) is 4.79 Å². The molecule has 0 bridgehead atoms. The minimum absolute atomic E-state index is 0.0264. The Kier molecular flexibility index (Phi) is 7.35. The molecule has 1 aliphatic carbocycles. The van der Waals surface area contributed by atoms with E-state index in [9.17, 15) is 9.90 Å². The van der Waals surface area contributed by atoms with Gasteiger partial charge in [-0.2, -0.15) is 0 Å². The van der Waals surface area contributed by atoms with Gasteiger partial charge in [0.25, 0.3) is 5.91 Å². The van der Waals surface area contributed by atoms with Gasteiger partial charge in [-0.25, -0.2) is 0 Å². The van der Waals surface area contributed by atoms with Crippen molar-refractivity contribution in [3.8, 4) is 0 Å². The van der Waals surface area contributed by atoms with Crippen molar-refractivity contribution in [2.75, 3.05) is 13.1 Å². The summed E-state index contributed by atoms with van der Waals surface area (Å²) in [7, 11) is 0. The predicted octanol–water partition coefficient (Wildman–Crippen LogP) is 6.13. The number of benzene rings is 2. The summed E-state index contributed by atoms with van der Waals surface area (Å²) in [5.41, 5.74) is 0.818. The van der Waals surface area contributed by atoms with Crippen molar-refractivity contribution >= 4 is 5.91 Å². The van der Waals surface area contributed by atoms with Gasteiger partial charge in [-0.05, 0) is 61.0 Å². The first kappa shape index (κ1) is 23.0. The Labute approximate surface area is 193 Å². The molecular weight excluding hydrogens is 394 g/mol. The van der Waals surface area contributed by atoms with Crippen LogP contribution in [0.1, 0.15) is 75.8 Å². The van der Waals surface area contributed by atoms with Crippen LogP contribution in [0, 0.1) is 17.8 Å². The molecule has 1 N–H and O–H groups in total. The van der Waals surface area contributed by atoms with E-state index in [4.69, 9.17) is 0 Å². The van der Waals surface area contributed by atoms with Gasteiger partial charge in [0, 0.05) is 19.0 Å². The third-order valence-electron chi connectivity index (χ3n) is 8.01. The topological polar surface area (TPSA) is 40.5 Å². The smallest absolute Gasteiger partial charge is 0.259 e. The van der Waals surface area contributed by atoms with Crippen molar-refractivity contribution in [2.45, 2.75) is 70.3 Å². The van der Waals surface area contributed by atoms with Gasteiger partial charge >= 0.3 is 0 Å². The molecule has 2 fully saturated rings. The van der Waals surface area contributed by atoms with Crippen LogP contribution in [0.5, 0.6) is 0 Å². The van der Waals surface area contributed by atoms with Gasteiger partial charge in [0.15, 0.2) is 5.60 Å². The average Bonchev–Trinajstić information content (AvgIpc) is 3.38. The fourth-order valence-corrected chi connectivity index (χ4v) is 6.03. The highest BCUT2D eigenvalue weighted by atomic mass is 16.3. The molecule has 172 valence electrons. The van der Waals surface area contributed by atoms with Crippen molar-refractivity contribution in [1.29, 1.82) is 0 Å². The maximum Gasteiger partial charge on any atom is 0.259 e. The SMILES string of the molecule is CC(C)C(CC1CCN(C(=O)C(O)(c2ccccc2)C2CCCC2)CC1)c1ccccc1. The quantitative estimate of drug-likeness (QED) is 0.570. The van der Waals surface area contributed by atoms with E-state index in [1.165, 1.54) is 12.0 Å². The van der Waals surface area contributed by atoms with E-state index in [1.54, 1.807) is 0 Å². The Bertz CT molecular complexity index is 851. The van der Waals surface area contributed by atoms with Crippen molar-refractivity contribution in [2.24, 2.45) is 17.8 Å². The Morgan fingerprint density at radius 3 is 2.06 bits per heavy atom. The van der Waals surface area contributed by atoms with Crippen LogP contribution in [0.3, 0.4) is 0 Å². The Hall–Kier alpha value is -2.13. The lowest BCUT2D eigenvalue weighted by molar-refractivity contribution is -0.160. The molecule has 0 aromatic heterocycles. The maximum atomic E-state index is 13.7. The lowest BCUT2D eigenvalue weighted by atomic mass is 9.77. The monoisotopic (exact) mass is 433 g/mol. The summed E-state index contributed by atoms with van der Waals surface area (Å²) < 4.78 is 0. The van der Waals surface area contributed by atoms with Crippen molar-refractivity contribution < 1.29 is 9.90 Å². The second-order valence-corrected chi connectivity index (χ2v) is 10.3. The van der Waals surface area contributed by atoms with Crippen LogP contribution in [0.25, 0.3) is 0 Å². The second kappa shape index (κ2) is 10.2. The third-order valence-corrected chi connectivity index (χ3v) is 8.01. The number of amides is 1. The first-order valence-electron chi connectivity index (χ1n) is 12.6. The molecule has 4 rings (SSSR count). The highest BCUT2D eigenvalue weighted by molar-refractivity contribution is 5.87. The summed E-state index contributed by atoms with van der Waals surface area (Å²) in [6.45, 7) is 6.14. The third kappa shape index (κ3) is 4.78. The summed E-state index contributed by atoms with van der Waals surface area (Å²) in [6.07, 6.45) is 7.29. The molecule has 2 unspecified atom stereocenters. The van der Waals surface area contributed by atoms with E-state index in [2.05, 4.69) is 44.2 Å². The van der Waals surface area contributed by atoms with Crippen LogP contribution < -0.4 is 0 Å². The highest BCUT2D eigenvalue weighted by Gasteiger charge is 2.48. The van der Waals surface area contributed by atoms with Crippen molar-refractivity contribution in [3.05, 3.63) is 71.8 Å². The molecule has 2 aliphatic rings. The number of likely N-dealkylation sites (tertiary alicyclic amines) is 1. The molecular formula is C29H39NO2. The largest absolute Gasteiger partial charge is 0.375 e. The summed E-state index contributed by atoms with van der Waals surface area (Å²) in [4.78, 5) is 15.7.